The van der Waals surface area contributed by atoms with Gasteiger partial charge in [-0.05, 0) is 43.0 Å². The van der Waals surface area contributed by atoms with E-state index >= 15 is 0 Å². The van der Waals surface area contributed by atoms with Crippen LogP contribution < -0.4 is 10.0 Å². The van der Waals surface area contributed by atoms with E-state index in [9.17, 15) is 8.42 Å². The van der Waals surface area contributed by atoms with Gasteiger partial charge in [-0.15, -0.1) is 10.2 Å². The molecule has 0 aliphatic carbocycles. The minimum Gasteiger partial charge on any atom is -0.362 e. The summed E-state index contributed by atoms with van der Waals surface area (Å²) < 4.78 is 27.0. The molecule has 3 rings (SSSR count). The van der Waals surface area contributed by atoms with Crippen LogP contribution in [0.3, 0.4) is 0 Å². The zero-order valence-corrected chi connectivity index (χ0v) is 16.6. The largest absolute Gasteiger partial charge is 0.362 e. The number of aryl methyl sites for hydroxylation is 1. The number of hydrogen-bond acceptors (Lipinski definition) is 5. The van der Waals surface area contributed by atoms with Gasteiger partial charge in [0.1, 0.15) is 5.82 Å². The molecular formula is C21H24N4O2S. The molecule has 28 heavy (non-hydrogen) atoms. The summed E-state index contributed by atoms with van der Waals surface area (Å²) in [5, 5.41) is 11.3. The summed E-state index contributed by atoms with van der Waals surface area (Å²) >= 11 is 0. The van der Waals surface area contributed by atoms with Crippen LogP contribution in [0.4, 0.5) is 11.6 Å². The molecule has 1 aromatic heterocycles. The molecule has 0 radical (unpaired) electrons. The average molecular weight is 397 g/mol. The number of nitrogens with one attached hydrogen (secondary N) is 2. The van der Waals surface area contributed by atoms with E-state index < -0.39 is 10.0 Å². The third-order valence-electron chi connectivity index (χ3n) is 4.31. The number of benzene rings is 2. The van der Waals surface area contributed by atoms with E-state index in [1.165, 1.54) is 0 Å². The fraction of sp³-hybridized carbons (Fsp3) is 0.238. The highest BCUT2D eigenvalue weighted by molar-refractivity contribution is 7.92. The highest BCUT2D eigenvalue weighted by Gasteiger charge is 2.12. The summed E-state index contributed by atoms with van der Waals surface area (Å²) in [5.74, 6) is 0.843. The number of anilines is 2. The molecule has 2 aromatic carbocycles. The maximum absolute atomic E-state index is 12.2. The summed E-state index contributed by atoms with van der Waals surface area (Å²) in [4.78, 5) is 0. The Kier molecular flexibility index (Phi) is 6.60. The van der Waals surface area contributed by atoms with Crippen LogP contribution in [0, 0.1) is 0 Å². The van der Waals surface area contributed by atoms with Crippen molar-refractivity contribution >= 4 is 21.7 Å². The highest BCUT2D eigenvalue weighted by Crippen LogP contribution is 2.18. The van der Waals surface area contributed by atoms with Crippen LogP contribution in [0.5, 0.6) is 0 Å². The van der Waals surface area contributed by atoms with E-state index in [0.717, 1.165) is 11.1 Å². The molecule has 6 nitrogen and oxygen atoms in total. The van der Waals surface area contributed by atoms with Gasteiger partial charge in [0.25, 0.3) is 0 Å². The summed E-state index contributed by atoms with van der Waals surface area (Å²) in [5.41, 5.74) is 2.26. The minimum atomic E-state index is -3.46. The Labute approximate surface area is 166 Å². The van der Waals surface area contributed by atoms with Gasteiger partial charge in [-0.3, -0.25) is 4.72 Å². The predicted molar refractivity (Wildman–Crippen MR) is 113 cm³/mol. The second kappa shape index (κ2) is 9.32. The lowest BCUT2D eigenvalue weighted by Gasteiger charge is -2.14. The Bertz CT molecular complexity index is 962. The first-order valence-electron chi connectivity index (χ1n) is 9.21. The summed E-state index contributed by atoms with van der Waals surface area (Å²) in [6, 6.07) is 23.2. The number of hydrogen-bond donors (Lipinski definition) is 2. The SMILES string of the molecule is CC(Nc1ccc(NS(=O)(=O)CCCc2ccccc2)nn1)c1ccccc1. The smallest absolute Gasteiger partial charge is 0.233 e. The molecule has 0 bridgehead atoms. The minimum absolute atomic E-state index is 0.0363. The molecule has 0 amide bonds. The van der Waals surface area contributed by atoms with Crippen molar-refractivity contribution in [3.8, 4) is 0 Å². The maximum atomic E-state index is 12.2. The number of rotatable bonds is 9. The fourth-order valence-electron chi connectivity index (χ4n) is 2.83. The maximum Gasteiger partial charge on any atom is 0.233 e. The van der Waals surface area contributed by atoms with Gasteiger partial charge in [-0.1, -0.05) is 60.7 Å². The lowest BCUT2D eigenvalue weighted by molar-refractivity contribution is 0.598. The van der Waals surface area contributed by atoms with Crippen molar-refractivity contribution in [3.63, 3.8) is 0 Å². The zero-order valence-electron chi connectivity index (χ0n) is 15.7. The highest BCUT2D eigenvalue weighted by atomic mass is 32.2. The monoisotopic (exact) mass is 396 g/mol. The zero-order chi connectivity index (χ0) is 19.8. The number of sulfonamides is 1. The quantitative estimate of drug-likeness (QED) is 0.571. The molecular weight excluding hydrogens is 372 g/mol. The van der Waals surface area contributed by atoms with Crippen LogP contribution in [0.25, 0.3) is 0 Å². The molecule has 146 valence electrons. The molecule has 0 aliphatic rings. The first-order chi connectivity index (χ1) is 13.5. The topological polar surface area (TPSA) is 84.0 Å². The normalized spacial score (nSPS) is 12.3. The molecule has 7 heteroatoms. The van der Waals surface area contributed by atoms with Crippen molar-refractivity contribution in [2.24, 2.45) is 0 Å². The van der Waals surface area contributed by atoms with Crippen molar-refractivity contribution in [2.45, 2.75) is 25.8 Å². The molecule has 1 atom stereocenters. The Morgan fingerprint density at radius 3 is 2.11 bits per heavy atom. The second-order valence-electron chi connectivity index (χ2n) is 6.59. The van der Waals surface area contributed by atoms with Crippen LogP contribution in [-0.2, 0) is 16.4 Å². The Hall–Kier alpha value is -2.93. The van der Waals surface area contributed by atoms with E-state index in [4.69, 9.17) is 0 Å². The Morgan fingerprint density at radius 2 is 1.46 bits per heavy atom. The van der Waals surface area contributed by atoms with E-state index in [0.29, 0.717) is 18.7 Å². The van der Waals surface area contributed by atoms with Crippen LogP contribution in [0.2, 0.25) is 0 Å². The number of aromatic nitrogens is 2. The van der Waals surface area contributed by atoms with E-state index in [-0.39, 0.29) is 17.6 Å². The molecule has 0 saturated heterocycles. The molecule has 0 saturated carbocycles. The molecule has 2 N–H and O–H groups in total. The predicted octanol–water partition coefficient (Wildman–Crippen LogP) is 4.02. The van der Waals surface area contributed by atoms with Gasteiger partial charge in [0.2, 0.25) is 10.0 Å². The molecule has 0 spiro atoms. The van der Waals surface area contributed by atoms with E-state index in [1.54, 1.807) is 12.1 Å². The van der Waals surface area contributed by atoms with Crippen LogP contribution >= 0.6 is 0 Å². The van der Waals surface area contributed by atoms with E-state index in [2.05, 4.69) is 20.2 Å². The molecule has 0 fully saturated rings. The van der Waals surface area contributed by atoms with Crippen LogP contribution in [0.15, 0.2) is 72.8 Å². The third kappa shape index (κ3) is 6.06. The lowest BCUT2D eigenvalue weighted by atomic mass is 10.1. The molecule has 0 aliphatic heterocycles. The van der Waals surface area contributed by atoms with E-state index in [1.807, 2.05) is 67.6 Å². The number of nitrogens with zero attached hydrogens (tertiary/aromatic N) is 2. The van der Waals surface area contributed by atoms with Crippen molar-refractivity contribution in [1.29, 1.82) is 0 Å². The van der Waals surface area contributed by atoms with Gasteiger partial charge >= 0.3 is 0 Å². The van der Waals surface area contributed by atoms with Gasteiger partial charge in [0.05, 0.1) is 5.75 Å². The van der Waals surface area contributed by atoms with Gasteiger partial charge in [0, 0.05) is 6.04 Å². The summed E-state index contributed by atoms with van der Waals surface area (Å²) in [7, 11) is -3.46. The average Bonchev–Trinajstić information content (AvgIpc) is 2.70. The summed E-state index contributed by atoms with van der Waals surface area (Å²) in [6.45, 7) is 2.03. The Morgan fingerprint density at radius 1 is 0.857 bits per heavy atom. The fourth-order valence-corrected chi connectivity index (χ4v) is 3.89. The first kappa shape index (κ1) is 19.8. The van der Waals surface area contributed by atoms with Gasteiger partial charge < -0.3 is 5.32 Å². The molecule has 1 unspecified atom stereocenters. The lowest BCUT2D eigenvalue weighted by Crippen LogP contribution is -2.18. The standard InChI is InChI=1S/C21H24N4O2S/c1-17(19-12-6-3-7-13-19)22-20-14-15-21(24-23-20)25-28(26,27)16-8-11-18-9-4-2-5-10-18/h2-7,9-10,12-15,17H,8,11,16H2,1H3,(H,22,23)(H,24,25). The van der Waals surface area contributed by atoms with Crippen molar-refractivity contribution in [2.75, 3.05) is 15.8 Å². The van der Waals surface area contributed by atoms with Crippen LogP contribution in [-0.4, -0.2) is 24.4 Å². The molecule has 1 heterocycles. The molecule has 3 aromatic rings. The Balaban J connectivity index is 1.51. The van der Waals surface area contributed by atoms with Crippen LogP contribution in [0.1, 0.15) is 30.5 Å². The van der Waals surface area contributed by atoms with Gasteiger partial charge in [-0.2, -0.15) is 0 Å². The van der Waals surface area contributed by atoms with Gasteiger partial charge in [-0.25, -0.2) is 8.42 Å². The van der Waals surface area contributed by atoms with Gasteiger partial charge in [0.15, 0.2) is 5.82 Å². The third-order valence-corrected chi connectivity index (χ3v) is 5.66. The summed E-state index contributed by atoms with van der Waals surface area (Å²) in [6.07, 6.45) is 1.26. The second-order valence-corrected chi connectivity index (χ2v) is 8.43. The van der Waals surface area contributed by atoms with Crippen molar-refractivity contribution < 1.29 is 8.42 Å². The van der Waals surface area contributed by atoms with Crippen molar-refractivity contribution in [3.05, 3.63) is 83.9 Å². The van der Waals surface area contributed by atoms with Crippen molar-refractivity contribution in [1.82, 2.24) is 10.2 Å². The first-order valence-corrected chi connectivity index (χ1v) is 10.9.